The van der Waals surface area contributed by atoms with Crippen molar-refractivity contribution in [3.05, 3.63) is 60.0 Å². The van der Waals surface area contributed by atoms with E-state index in [1.807, 2.05) is 35.2 Å². The highest BCUT2D eigenvalue weighted by Crippen LogP contribution is 2.35. The van der Waals surface area contributed by atoms with Crippen LogP contribution < -0.4 is 4.90 Å². The largest absolute Gasteiger partial charge is 0.452 e. The Morgan fingerprint density at radius 1 is 1.06 bits per heavy atom. The van der Waals surface area contributed by atoms with E-state index in [9.17, 15) is 13.2 Å². The molecule has 2 aromatic carbocycles. The van der Waals surface area contributed by atoms with E-state index >= 15 is 0 Å². The number of esters is 1. The fourth-order valence-corrected chi connectivity index (χ4v) is 5.11. The number of aromatic nitrogens is 2. The summed E-state index contributed by atoms with van der Waals surface area (Å²) in [5.74, 6) is 0.341. The molecule has 10 heteroatoms. The number of amidine groups is 1. The Hall–Kier alpha value is -3.53. The minimum atomic E-state index is -3.88. The van der Waals surface area contributed by atoms with Gasteiger partial charge in [-0.15, -0.1) is 14.6 Å². The molecule has 2 aliphatic heterocycles. The summed E-state index contributed by atoms with van der Waals surface area (Å²) in [5.41, 5.74) is 1.42. The zero-order valence-corrected chi connectivity index (χ0v) is 17.9. The number of benzene rings is 2. The van der Waals surface area contributed by atoms with Crippen LogP contribution >= 0.6 is 0 Å². The maximum Gasteiger partial charge on any atom is 0.338 e. The van der Waals surface area contributed by atoms with Crippen LogP contribution in [0.5, 0.6) is 0 Å². The molecule has 1 fully saturated rings. The Labute approximate surface area is 184 Å². The zero-order chi connectivity index (χ0) is 22.1. The molecular weight excluding hydrogens is 432 g/mol. The van der Waals surface area contributed by atoms with Crippen LogP contribution in [0.2, 0.25) is 0 Å². The average Bonchev–Trinajstić information content (AvgIpc) is 3.16. The third kappa shape index (κ3) is 3.89. The number of carbonyl (C=O) groups is 1. The van der Waals surface area contributed by atoms with Gasteiger partial charge in [0.2, 0.25) is 5.89 Å². The Bertz CT molecular complexity index is 1300. The highest BCUT2D eigenvalue weighted by molar-refractivity contribution is 7.90. The molecule has 0 radical (unpaired) electrons. The van der Waals surface area contributed by atoms with E-state index in [2.05, 4.69) is 14.6 Å². The summed E-state index contributed by atoms with van der Waals surface area (Å²) in [6.07, 6.45) is 3.51. The molecule has 0 atom stereocenters. The maximum atomic E-state index is 12.7. The summed E-state index contributed by atoms with van der Waals surface area (Å²) < 4.78 is 40.3. The van der Waals surface area contributed by atoms with Gasteiger partial charge in [-0.1, -0.05) is 24.6 Å². The van der Waals surface area contributed by atoms with Crippen molar-refractivity contribution in [3.63, 3.8) is 0 Å². The zero-order valence-electron chi connectivity index (χ0n) is 17.1. The average molecular weight is 452 g/mol. The van der Waals surface area contributed by atoms with Gasteiger partial charge in [0.1, 0.15) is 10.7 Å². The monoisotopic (exact) mass is 452 g/mol. The van der Waals surface area contributed by atoms with Crippen LogP contribution in [0.25, 0.3) is 11.5 Å². The molecule has 9 nitrogen and oxygen atoms in total. The lowest BCUT2D eigenvalue weighted by atomic mass is 10.2. The molecule has 2 aliphatic rings. The van der Waals surface area contributed by atoms with Crippen molar-refractivity contribution in [1.29, 1.82) is 0 Å². The molecule has 0 amide bonds. The fourth-order valence-electron chi connectivity index (χ4n) is 3.83. The van der Waals surface area contributed by atoms with Gasteiger partial charge in [-0.25, -0.2) is 4.79 Å². The van der Waals surface area contributed by atoms with E-state index < -0.39 is 16.0 Å². The number of nitrogens with zero attached hydrogens (tertiary/aromatic N) is 4. The number of rotatable bonds is 4. The lowest BCUT2D eigenvalue weighted by Crippen LogP contribution is -2.35. The summed E-state index contributed by atoms with van der Waals surface area (Å²) in [6, 6.07) is 13.8. The quantitative estimate of drug-likeness (QED) is 0.552. The number of hydrogen-bond donors (Lipinski definition) is 0. The molecule has 0 bridgehead atoms. The summed E-state index contributed by atoms with van der Waals surface area (Å²) in [6.45, 7) is 0.475. The van der Waals surface area contributed by atoms with E-state index in [1.165, 1.54) is 6.07 Å². The molecule has 3 aromatic rings. The van der Waals surface area contributed by atoms with Crippen LogP contribution in [-0.2, 0) is 21.4 Å². The molecule has 0 saturated carbocycles. The molecule has 1 aromatic heterocycles. The van der Waals surface area contributed by atoms with Gasteiger partial charge in [0.05, 0.1) is 11.3 Å². The van der Waals surface area contributed by atoms with Gasteiger partial charge in [-0.05, 0) is 43.2 Å². The van der Waals surface area contributed by atoms with Gasteiger partial charge < -0.3 is 14.1 Å². The summed E-state index contributed by atoms with van der Waals surface area (Å²) in [4.78, 5) is 14.5. The number of hydrogen-bond acceptors (Lipinski definition) is 8. The van der Waals surface area contributed by atoms with E-state index in [1.54, 1.807) is 12.1 Å². The van der Waals surface area contributed by atoms with Crippen molar-refractivity contribution in [2.45, 2.75) is 37.2 Å². The molecule has 164 valence electrons. The van der Waals surface area contributed by atoms with Gasteiger partial charge >= 0.3 is 5.97 Å². The van der Waals surface area contributed by atoms with Crippen LogP contribution in [0.3, 0.4) is 0 Å². The molecule has 0 aliphatic carbocycles. The van der Waals surface area contributed by atoms with Gasteiger partial charge in [0.15, 0.2) is 6.61 Å². The van der Waals surface area contributed by atoms with Crippen LogP contribution in [0, 0.1) is 0 Å². The topological polar surface area (TPSA) is 115 Å². The van der Waals surface area contributed by atoms with Crippen molar-refractivity contribution in [2.24, 2.45) is 4.40 Å². The second-order valence-corrected chi connectivity index (χ2v) is 9.14. The highest BCUT2D eigenvalue weighted by Gasteiger charge is 2.32. The van der Waals surface area contributed by atoms with Gasteiger partial charge in [-0.2, -0.15) is 8.42 Å². The van der Waals surface area contributed by atoms with Gasteiger partial charge in [0.25, 0.3) is 15.9 Å². The summed E-state index contributed by atoms with van der Waals surface area (Å²) in [5, 5.41) is 7.84. The molecular formula is C22H20N4O5S. The SMILES string of the molecule is O=C(OCc1nnc(-c2ccccc2)o1)c1ccc2c(c1)S(=O)(=O)N=C1CCCCCN12. The van der Waals surface area contributed by atoms with E-state index in [4.69, 9.17) is 9.15 Å². The number of carbonyl (C=O) groups excluding carboxylic acids is 1. The van der Waals surface area contributed by atoms with Crippen molar-refractivity contribution in [1.82, 2.24) is 10.2 Å². The molecule has 0 spiro atoms. The molecule has 32 heavy (non-hydrogen) atoms. The van der Waals surface area contributed by atoms with Crippen molar-refractivity contribution in [2.75, 3.05) is 11.4 Å². The first-order valence-corrected chi connectivity index (χ1v) is 11.8. The summed E-state index contributed by atoms with van der Waals surface area (Å²) >= 11 is 0. The van der Waals surface area contributed by atoms with E-state index in [0.29, 0.717) is 30.4 Å². The van der Waals surface area contributed by atoms with Crippen LogP contribution in [0.15, 0.2) is 62.2 Å². The van der Waals surface area contributed by atoms with E-state index in [0.717, 1.165) is 24.8 Å². The third-order valence-corrected chi connectivity index (χ3v) is 6.73. The first kappa shape index (κ1) is 20.4. The predicted octanol–water partition coefficient (Wildman–Crippen LogP) is 3.57. The molecule has 1 saturated heterocycles. The molecule has 3 heterocycles. The summed E-state index contributed by atoms with van der Waals surface area (Å²) in [7, 11) is -3.88. The predicted molar refractivity (Wildman–Crippen MR) is 116 cm³/mol. The highest BCUT2D eigenvalue weighted by atomic mass is 32.2. The van der Waals surface area contributed by atoms with Gasteiger partial charge in [0, 0.05) is 18.5 Å². The smallest absolute Gasteiger partial charge is 0.338 e. The number of sulfonamides is 1. The first-order valence-electron chi connectivity index (χ1n) is 10.3. The first-order chi connectivity index (χ1) is 15.5. The van der Waals surface area contributed by atoms with Crippen LogP contribution in [-0.4, -0.2) is 37.0 Å². The lowest BCUT2D eigenvalue weighted by molar-refractivity contribution is 0.0438. The molecule has 5 rings (SSSR count). The Balaban J connectivity index is 1.34. The lowest BCUT2D eigenvalue weighted by Gasteiger charge is -2.29. The molecule has 0 N–H and O–H groups in total. The maximum absolute atomic E-state index is 12.7. The fraction of sp³-hybridized carbons (Fsp3) is 0.273. The second kappa shape index (κ2) is 8.19. The Morgan fingerprint density at radius 2 is 1.91 bits per heavy atom. The Kier molecular flexibility index (Phi) is 5.22. The van der Waals surface area contributed by atoms with E-state index in [-0.39, 0.29) is 23.0 Å². The molecule has 0 unspecified atom stereocenters. The van der Waals surface area contributed by atoms with Crippen molar-refractivity contribution >= 4 is 27.5 Å². The van der Waals surface area contributed by atoms with Crippen molar-refractivity contribution in [3.8, 4) is 11.5 Å². The standard InChI is InChI=1S/C22H20N4O5S/c27-22(30-14-20-23-24-21(31-20)15-7-3-1-4-8-15)16-10-11-17-18(13-16)32(28,29)25-19-9-5-2-6-12-26(17)19/h1,3-4,7-8,10-11,13H,2,5-6,9,12,14H2. The van der Waals surface area contributed by atoms with Crippen LogP contribution in [0.4, 0.5) is 5.69 Å². The minimum absolute atomic E-state index is 0.0155. The minimum Gasteiger partial charge on any atom is -0.452 e. The Morgan fingerprint density at radius 3 is 2.75 bits per heavy atom. The number of anilines is 1. The van der Waals surface area contributed by atoms with Crippen LogP contribution in [0.1, 0.15) is 41.9 Å². The van der Waals surface area contributed by atoms with Gasteiger partial charge in [-0.3, -0.25) is 0 Å². The van der Waals surface area contributed by atoms with Crippen molar-refractivity contribution < 1.29 is 22.4 Å². The number of ether oxygens (including phenoxy) is 1. The second-order valence-electron chi connectivity index (χ2n) is 7.57. The normalized spacial score (nSPS) is 17.0. The number of fused-ring (bicyclic) bond motifs is 3. The third-order valence-electron chi connectivity index (χ3n) is 5.40.